The highest BCUT2D eigenvalue weighted by Crippen LogP contribution is 2.13. The molecule has 0 aromatic heterocycles. The van der Waals surface area contributed by atoms with E-state index in [4.69, 9.17) is 10.6 Å². The van der Waals surface area contributed by atoms with Gasteiger partial charge in [0, 0.05) is 0 Å². The molecule has 0 aliphatic carbocycles. The largest absolute Gasteiger partial charge is 0.473 e. The summed E-state index contributed by atoms with van der Waals surface area (Å²) < 4.78 is 0. The van der Waals surface area contributed by atoms with Crippen molar-refractivity contribution in [3.05, 3.63) is 5.53 Å². The van der Waals surface area contributed by atoms with E-state index in [-0.39, 0.29) is 5.71 Å². The van der Waals surface area contributed by atoms with Crippen LogP contribution < -0.4 is 0 Å². The van der Waals surface area contributed by atoms with Crippen LogP contribution in [0.25, 0.3) is 5.53 Å². The zero-order chi connectivity index (χ0) is 8.36. The molecule has 0 atom stereocenters. The van der Waals surface area contributed by atoms with E-state index in [0.29, 0.717) is 0 Å². The Morgan fingerprint density at radius 1 is 1.50 bits per heavy atom. The summed E-state index contributed by atoms with van der Waals surface area (Å²) in [6.45, 7) is 4.99. The zero-order valence-corrected chi connectivity index (χ0v) is 6.25. The fourth-order valence-electron chi connectivity index (χ4n) is 0.514. The maximum absolute atomic E-state index is 10.3. The summed E-state index contributed by atoms with van der Waals surface area (Å²) in [6.07, 6.45) is 0. The molecular weight excluding hydrogens is 132 g/mol. The summed E-state index contributed by atoms with van der Waals surface area (Å²) in [5, 5.41) is 8.42. The van der Waals surface area contributed by atoms with Gasteiger partial charge in [-0.1, -0.05) is 0 Å². The van der Waals surface area contributed by atoms with Crippen molar-refractivity contribution in [2.45, 2.75) is 20.8 Å². The van der Waals surface area contributed by atoms with E-state index in [1.165, 1.54) is 0 Å². The van der Waals surface area contributed by atoms with Gasteiger partial charge in [0.2, 0.25) is 0 Å². The predicted octanol–water partition coefficient (Wildman–Crippen LogP) is 0.788. The van der Waals surface area contributed by atoms with Crippen molar-refractivity contribution in [3.63, 3.8) is 0 Å². The minimum atomic E-state index is -1.19. The molecule has 0 aromatic rings. The monoisotopic (exact) mass is 142 g/mol. The lowest BCUT2D eigenvalue weighted by molar-refractivity contribution is -0.135. The molecule has 0 aromatic carbocycles. The smallest absolute Gasteiger partial charge is 0.415 e. The molecule has 0 unspecified atom stereocenters. The fraction of sp³-hybridized carbons (Fsp3) is 0.667. The summed E-state index contributed by atoms with van der Waals surface area (Å²) in [7, 11) is 0. The van der Waals surface area contributed by atoms with Gasteiger partial charge in [0.05, 0.1) is 5.41 Å². The minimum absolute atomic E-state index is 0.229. The summed E-state index contributed by atoms with van der Waals surface area (Å²) in [5.41, 5.74) is 7.40. The van der Waals surface area contributed by atoms with Crippen LogP contribution in [0.15, 0.2) is 0 Å². The number of carboxylic acid groups (broad SMARTS) is 1. The molecule has 4 nitrogen and oxygen atoms in total. The lowest BCUT2D eigenvalue weighted by atomic mass is 9.90. The Bertz CT molecular complexity index is 196. The molecule has 10 heavy (non-hydrogen) atoms. The predicted molar refractivity (Wildman–Crippen MR) is 35.7 cm³/mol. The van der Waals surface area contributed by atoms with Gasteiger partial charge in [0.25, 0.3) is 0 Å². The van der Waals surface area contributed by atoms with Crippen LogP contribution in [0.3, 0.4) is 0 Å². The van der Waals surface area contributed by atoms with E-state index >= 15 is 0 Å². The number of hydrogen-bond donors (Lipinski definition) is 1. The first-order valence-electron chi connectivity index (χ1n) is 2.85. The second-order valence-electron chi connectivity index (χ2n) is 3.00. The molecule has 0 heterocycles. The third-order valence-electron chi connectivity index (χ3n) is 1.01. The Hall–Kier alpha value is -1.15. The van der Waals surface area contributed by atoms with E-state index in [0.717, 1.165) is 0 Å². The maximum atomic E-state index is 10.3. The normalized spacial score (nSPS) is 10.3. The molecule has 0 aliphatic rings. The van der Waals surface area contributed by atoms with Crippen LogP contribution in [0.4, 0.5) is 0 Å². The summed E-state index contributed by atoms with van der Waals surface area (Å²) in [5.74, 6) is -1.19. The minimum Gasteiger partial charge on any atom is -0.473 e. The molecule has 0 rings (SSSR count). The van der Waals surface area contributed by atoms with Gasteiger partial charge < -0.3 is 10.6 Å². The van der Waals surface area contributed by atoms with Crippen molar-refractivity contribution < 1.29 is 14.7 Å². The molecule has 56 valence electrons. The van der Waals surface area contributed by atoms with Gasteiger partial charge in [-0.25, -0.2) is 4.79 Å². The molecule has 0 aliphatic heterocycles. The van der Waals surface area contributed by atoms with Crippen LogP contribution in [0.1, 0.15) is 20.8 Å². The van der Waals surface area contributed by atoms with Crippen LogP contribution >= 0.6 is 0 Å². The van der Waals surface area contributed by atoms with Gasteiger partial charge >= 0.3 is 11.7 Å². The Kier molecular flexibility index (Phi) is 2.32. The number of hydrogen-bond acceptors (Lipinski definition) is 1. The number of aliphatic carboxylic acids is 1. The third-order valence-corrected chi connectivity index (χ3v) is 1.01. The second-order valence-corrected chi connectivity index (χ2v) is 3.00. The third kappa shape index (κ3) is 1.99. The second kappa shape index (κ2) is 2.62. The zero-order valence-electron chi connectivity index (χ0n) is 6.25. The molecule has 0 radical (unpaired) electrons. The highest BCUT2D eigenvalue weighted by atomic mass is 16.4. The van der Waals surface area contributed by atoms with Crippen LogP contribution in [-0.4, -0.2) is 21.6 Å². The fourth-order valence-corrected chi connectivity index (χ4v) is 0.514. The number of carboxylic acids is 1. The average Bonchev–Trinajstić information content (AvgIpc) is 1.60. The molecule has 0 saturated carbocycles. The first kappa shape index (κ1) is 8.85. The lowest BCUT2D eigenvalue weighted by Gasteiger charge is -2.07. The van der Waals surface area contributed by atoms with Crippen LogP contribution in [-0.2, 0) is 4.79 Å². The van der Waals surface area contributed by atoms with Crippen molar-refractivity contribution in [2.75, 3.05) is 0 Å². The standard InChI is InChI=1S/C6H10N2O2/c1-6(2,3)4(8-7)5(9)10/h1-3H3,(H,9,10). The lowest BCUT2D eigenvalue weighted by Crippen LogP contribution is -2.29. The Morgan fingerprint density at radius 3 is 1.90 bits per heavy atom. The number of rotatable bonds is 1. The molecular formula is C6H10N2O2. The molecule has 0 saturated heterocycles. The summed E-state index contributed by atoms with van der Waals surface area (Å²) in [4.78, 5) is 13.0. The Morgan fingerprint density at radius 2 is 1.90 bits per heavy atom. The quantitative estimate of drug-likeness (QED) is 0.334. The first-order chi connectivity index (χ1) is 4.39. The Labute approximate surface area is 59.1 Å². The van der Waals surface area contributed by atoms with Gasteiger partial charge in [-0.05, 0) is 20.8 Å². The van der Waals surface area contributed by atoms with Crippen molar-refractivity contribution in [2.24, 2.45) is 5.41 Å². The van der Waals surface area contributed by atoms with Crippen molar-refractivity contribution in [3.8, 4) is 0 Å². The van der Waals surface area contributed by atoms with Crippen LogP contribution in [0, 0.1) is 5.41 Å². The van der Waals surface area contributed by atoms with Gasteiger partial charge in [-0.2, -0.15) is 4.79 Å². The van der Waals surface area contributed by atoms with E-state index in [1.54, 1.807) is 20.8 Å². The Balaban J connectivity index is 4.74. The number of nitrogens with zero attached hydrogens (tertiary/aromatic N) is 2. The molecule has 0 spiro atoms. The van der Waals surface area contributed by atoms with Crippen LogP contribution in [0.2, 0.25) is 0 Å². The SMILES string of the molecule is CC(C)(C)C(=[N+]=[N-])C(=O)O. The van der Waals surface area contributed by atoms with E-state index in [9.17, 15) is 4.79 Å². The highest BCUT2D eigenvalue weighted by molar-refractivity contribution is 6.34. The van der Waals surface area contributed by atoms with E-state index in [1.807, 2.05) is 0 Å². The van der Waals surface area contributed by atoms with Gasteiger partial charge in [-0.15, -0.1) is 0 Å². The first-order valence-corrected chi connectivity index (χ1v) is 2.85. The number of carbonyl (C=O) groups is 1. The van der Waals surface area contributed by atoms with E-state index in [2.05, 4.69) is 4.79 Å². The van der Waals surface area contributed by atoms with Crippen LogP contribution in [0.5, 0.6) is 0 Å². The molecule has 0 fully saturated rings. The van der Waals surface area contributed by atoms with Crippen molar-refractivity contribution in [1.29, 1.82) is 0 Å². The van der Waals surface area contributed by atoms with Gasteiger partial charge in [-0.3, -0.25) is 0 Å². The summed E-state index contributed by atoms with van der Waals surface area (Å²) in [6, 6.07) is 0. The highest BCUT2D eigenvalue weighted by Gasteiger charge is 2.33. The molecule has 0 bridgehead atoms. The van der Waals surface area contributed by atoms with Crippen molar-refractivity contribution >= 4 is 11.7 Å². The van der Waals surface area contributed by atoms with Crippen molar-refractivity contribution in [1.82, 2.24) is 0 Å². The topological polar surface area (TPSA) is 73.7 Å². The molecule has 1 N–H and O–H groups in total. The summed E-state index contributed by atoms with van der Waals surface area (Å²) >= 11 is 0. The van der Waals surface area contributed by atoms with E-state index < -0.39 is 11.4 Å². The molecule has 0 amide bonds. The van der Waals surface area contributed by atoms with Gasteiger partial charge in [0.1, 0.15) is 0 Å². The van der Waals surface area contributed by atoms with Gasteiger partial charge in [0.15, 0.2) is 0 Å². The maximum Gasteiger partial charge on any atom is 0.415 e. The average molecular weight is 142 g/mol. The molecule has 4 heteroatoms.